The number of halogens is 2. The van der Waals surface area contributed by atoms with Crippen molar-refractivity contribution in [1.29, 1.82) is 0 Å². The van der Waals surface area contributed by atoms with Crippen molar-refractivity contribution in [3.8, 4) is 5.75 Å². The number of rotatable bonds is 9. The minimum Gasteiger partial charge on any atom is -0.452 e. The van der Waals surface area contributed by atoms with Gasteiger partial charge < -0.3 is 30.3 Å². The second-order valence-corrected chi connectivity index (χ2v) is 7.53. The summed E-state index contributed by atoms with van der Waals surface area (Å²) in [6.45, 7) is 1.63. The van der Waals surface area contributed by atoms with Crippen LogP contribution in [0.25, 0.3) is 0 Å². The molecule has 0 bridgehead atoms. The van der Waals surface area contributed by atoms with Crippen LogP contribution in [-0.4, -0.2) is 53.3 Å². The third-order valence-electron chi connectivity index (χ3n) is 4.89. The van der Waals surface area contributed by atoms with E-state index in [4.69, 9.17) is 9.84 Å². The van der Waals surface area contributed by atoms with Crippen molar-refractivity contribution in [2.45, 2.75) is 26.2 Å². The van der Waals surface area contributed by atoms with Crippen LogP contribution < -0.4 is 15.4 Å². The Hall–Kier alpha value is -3.66. The number of aliphatic hydroxyl groups is 1. The lowest BCUT2D eigenvalue weighted by Crippen LogP contribution is -2.44. The zero-order valence-corrected chi connectivity index (χ0v) is 18.3. The van der Waals surface area contributed by atoms with E-state index in [1.54, 1.807) is 30.1 Å². The zero-order chi connectivity index (χ0) is 24.0. The number of nitrogens with one attached hydrogen (secondary N) is 2. The summed E-state index contributed by atoms with van der Waals surface area (Å²) in [5.74, 6) is -1.39. The van der Waals surface area contributed by atoms with Gasteiger partial charge in [0.05, 0.1) is 0 Å². The predicted octanol–water partition coefficient (Wildman–Crippen LogP) is 1.88. The van der Waals surface area contributed by atoms with E-state index in [1.165, 1.54) is 42.2 Å². The SMILES string of the molecule is CC(=O)NC1=C(C(=O)N(C)CCCO)N(Cc2ccc(F)cc2)C(Oc2cccc(F)c2)N1. The van der Waals surface area contributed by atoms with E-state index < -0.39 is 29.8 Å². The predicted molar refractivity (Wildman–Crippen MR) is 116 cm³/mol. The van der Waals surface area contributed by atoms with Crippen LogP contribution in [0.1, 0.15) is 18.9 Å². The first-order valence-corrected chi connectivity index (χ1v) is 10.4. The fourth-order valence-electron chi connectivity index (χ4n) is 3.33. The molecule has 33 heavy (non-hydrogen) atoms. The van der Waals surface area contributed by atoms with Crippen LogP contribution >= 0.6 is 0 Å². The van der Waals surface area contributed by atoms with Crippen LogP contribution in [0.15, 0.2) is 60.0 Å². The number of carbonyl (C=O) groups excluding carboxylic acids is 2. The summed E-state index contributed by atoms with van der Waals surface area (Å²) in [5, 5.41) is 14.7. The van der Waals surface area contributed by atoms with Crippen molar-refractivity contribution in [2.75, 3.05) is 20.2 Å². The molecule has 0 fully saturated rings. The molecule has 0 spiro atoms. The Balaban J connectivity index is 1.98. The van der Waals surface area contributed by atoms with Crippen molar-refractivity contribution in [3.63, 3.8) is 0 Å². The summed E-state index contributed by atoms with van der Waals surface area (Å²) in [4.78, 5) is 28.1. The second kappa shape index (κ2) is 10.8. The summed E-state index contributed by atoms with van der Waals surface area (Å²) in [7, 11) is 1.58. The van der Waals surface area contributed by atoms with Crippen LogP contribution in [0.4, 0.5) is 8.78 Å². The quantitative estimate of drug-likeness (QED) is 0.529. The molecule has 0 radical (unpaired) electrons. The van der Waals surface area contributed by atoms with E-state index in [1.807, 2.05) is 0 Å². The highest BCUT2D eigenvalue weighted by Gasteiger charge is 2.38. The lowest BCUT2D eigenvalue weighted by Gasteiger charge is -2.30. The van der Waals surface area contributed by atoms with Crippen LogP contribution in [0.3, 0.4) is 0 Å². The molecule has 10 heteroatoms. The van der Waals surface area contributed by atoms with Crippen LogP contribution in [-0.2, 0) is 16.1 Å². The average molecular weight is 460 g/mol. The fourth-order valence-corrected chi connectivity index (χ4v) is 3.33. The number of benzene rings is 2. The molecule has 2 aromatic carbocycles. The first kappa shape index (κ1) is 24.0. The molecule has 3 N–H and O–H groups in total. The van der Waals surface area contributed by atoms with Gasteiger partial charge in [0.25, 0.3) is 12.3 Å². The summed E-state index contributed by atoms with van der Waals surface area (Å²) in [5.41, 5.74) is 0.801. The molecule has 1 aliphatic rings. The second-order valence-electron chi connectivity index (χ2n) is 7.53. The van der Waals surface area contributed by atoms with Gasteiger partial charge in [0.1, 0.15) is 28.9 Å². The van der Waals surface area contributed by atoms with E-state index in [2.05, 4.69) is 10.6 Å². The van der Waals surface area contributed by atoms with Gasteiger partial charge in [-0.1, -0.05) is 18.2 Å². The Morgan fingerprint density at radius 1 is 1.18 bits per heavy atom. The molecule has 0 saturated heterocycles. The summed E-state index contributed by atoms with van der Waals surface area (Å²) in [6, 6.07) is 11.3. The Morgan fingerprint density at radius 3 is 2.55 bits per heavy atom. The lowest BCUT2D eigenvalue weighted by molar-refractivity contribution is -0.128. The largest absolute Gasteiger partial charge is 0.452 e. The summed E-state index contributed by atoms with van der Waals surface area (Å²) < 4.78 is 33.0. The number of ether oxygens (including phenoxy) is 1. The highest BCUT2D eigenvalue weighted by Crippen LogP contribution is 2.26. The smallest absolute Gasteiger partial charge is 0.273 e. The van der Waals surface area contributed by atoms with Gasteiger partial charge in [-0.05, 0) is 36.2 Å². The third kappa shape index (κ3) is 6.19. The molecular formula is C23H26F2N4O4. The van der Waals surface area contributed by atoms with Crippen LogP contribution in [0.2, 0.25) is 0 Å². The normalized spacial score (nSPS) is 15.3. The van der Waals surface area contributed by atoms with E-state index in [0.717, 1.165) is 0 Å². The maximum Gasteiger partial charge on any atom is 0.273 e. The van der Waals surface area contributed by atoms with Crippen molar-refractivity contribution in [2.24, 2.45) is 0 Å². The molecule has 1 atom stereocenters. The Labute approximate surface area is 190 Å². The van der Waals surface area contributed by atoms with Gasteiger partial charge in [-0.2, -0.15) is 0 Å². The average Bonchev–Trinajstić information content (AvgIpc) is 3.08. The van der Waals surface area contributed by atoms with Crippen LogP contribution in [0.5, 0.6) is 5.75 Å². The molecule has 0 saturated carbocycles. The third-order valence-corrected chi connectivity index (χ3v) is 4.89. The molecule has 1 unspecified atom stereocenters. The first-order chi connectivity index (χ1) is 15.8. The maximum absolute atomic E-state index is 13.7. The molecule has 3 rings (SSSR count). The molecule has 176 valence electrons. The van der Waals surface area contributed by atoms with Gasteiger partial charge in [0.15, 0.2) is 0 Å². The summed E-state index contributed by atoms with van der Waals surface area (Å²) in [6.07, 6.45) is -0.594. The molecule has 1 heterocycles. The van der Waals surface area contributed by atoms with Gasteiger partial charge >= 0.3 is 0 Å². The van der Waals surface area contributed by atoms with Gasteiger partial charge in [0, 0.05) is 39.7 Å². The number of aliphatic hydroxyl groups excluding tert-OH is 1. The van der Waals surface area contributed by atoms with Gasteiger partial charge in [-0.3, -0.25) is 9.59 Å². The number of likely N-dealkylation sites (N-methyl/N-ethyl adjacent to an activating group) is 1. The maximum atomic E-state index is 13.7. The minimum absolute atomic E-state index is 0.0852. The highest BCUT2D eigenvalue weighted by atomic mass is 19.1. The standard InChI is InChI=1S/C23H26F2N4O4/c1-15(31)26-21-20(22(32)28(2)11-4-12-30)29(14-16-7-9-17(24)10-8-16)23(27-21)33-19-6-3-5-18(25)13-19/h3,5-10,13,23,27,30H,4,11-12,14H2,1-2H3,(H,26,31). The fraction of sp³-hybridized carbons (Fsp3) is 0.304. The minimum atomic E-state index is -0.969. The van der Waals surface area contributed by atoms with Crippen molar-refractivity contribution in [3.05, 3.63) is 77.2 Å². The van der Waals surface area contributed by atoms with E-state index in [-0.39, 0.29) is 37.0 Å². The molecule has 8 nitrogen and oxygen atoms in total. The molecule has 0 aromatic heterocycles. The van der Waals surface area contributed by atoms with Crippen molar-refractivity contribution < 1.29 is 28.2 Å². The molecule has 2 aromatic rings. The van der Waals surface area contributed by atoms with E-state index in [9.17, 15) is 18.4 Å². The topological polar surface area (TPSA) is 94.1 Å². The molecule has 1 aliphatic heterocycles. The Bertz CT molecular complexity index is 1030. The van der Waals surface area contributed by atoms with Gasteiger partial charge in [-0.15, -0.1) is 0 Å². The Morgan fingerprint density at radius 2 is 1.91 bits per heavy atom. The number of amides is 2. The zero-order valence-electron chi connectivity index (χ0n) is 18.3. The van der Waals surface area contributed by atoms with Gasteiger partial charge in [0.2, 0.25) is 5.91 Å². The number of hydrogen-bond acceptors (Lipinski definition) is 6. The molecule has 0 aliphatic carbocycles. The van der Waals surface area contributed by atoms with Crippen molar-refractivity contribution >= 4 is 11.8 Å². The monoisotopic (exact) mass is 460 g/mol. The first-order valence-electron chi connectivity index (χ1n) is 10.4. The highest BCUT2D eigenvalue weighted by molar-refractivity contribution is 5.94. The van der Waals surface area contributed by atoms with Gasteiger partial charge in [-0.25, -0.2) is 8.78 Å². The van der Waals surface area contributed by atoms with Crippen LogP contribution in [0, 0.1) is 11.6 Å². The van der Waals surface area contributed by atoms with E-state index >= 15 is 0 Å². The number of carbonyl (C=O) groups is 2. The summed E-state index contributed by atoms with van der Waals surface area (Å²) >= 11 is 0. The Kier molecular flexibility index (Phi) is 7.83. The molecular weight excluding hydrogens is 434 g/mol. The number of nitrogens with zero attached hydrogens (tertiary/aromatic N) is 2. The lowest BCUT2D eigenvalue weighted by atomic mass is 10.2. The van der Waals surface area contributed by atoms with E-state index in [0.29, 0.717) is 12.0 Å². The van der Waals surface area contributed by atoms with Crippen molar-refractivity contribution in [1.82, 2.24) is 20.4 Å². The number of hydrogen-bond donors (Lipinski definition) is 3. The molecule has 2 amide bonds.